The SMILES string of the molecule is C[C@@H]1CCCN(C(=O)c2cnc3sccn3c2=O)[C@H]1CN. The van der Waals surface area contributed by atoms with Crippen molar-refractivity contribution in [3.8, 4) is 0 Å². The lowest BCUT2D eigenvalue weighted by Gasteiger charge is -2.39. The Morgan fingerprint density at radius 2 is 2.38 bits per heavy atom. The molecule has 1 aliphatic heterocycles. The van der Waals surface area contributed by atoms with E-state index in [4.69, 9.17) is 5.73 Å². The number of rotatable bonds is 2. The normalized spacial score (nSPS) is 22.7. The van der Waals surface area contributed by atoms with Gasteiger partial charge in [-0.3, -0.25) is 14.0 Å². The third-order valence-electron chi connectivity index (χ3n) is 4.19. The van der Waals surface area contributed by atoms with Crippen LogP contribution in [0.2, 0.25) is 0 Å². The summed E-state index contributed by atoms with van der Waals surface area (Å²) in [6.45, 7) is 3.17. The molecule has 0 spiro atoms. The highest BCUT2D eigenvalue weighted by atomic mass is 32.1. The summed E-state index contributed by atoms with van der Waals surface area (Å²) in [6, 6.07) is -0.00572. The minimum atomic E-state index is -0.305. The van der Waals surface area contributed by atoms with E-state index in [0.29, 0.717) is 24.0 Å². The summed E-state index contributed by atoms with van der Waals surface area (Å²) >= 11 is 1.37. The number of nitrogens with two attached hydrogens (primary N) is 1. The molecule has 0 bridgehead atoms. The number of amides is 1. The Balaban J connectivity index is 1.99. The van der Waals surface area contributed by atoms with Crippen LogP contribution in [0.15, 0.2) is 22.6 Å². The quantitative estimate of drug-likeness (QED) is 0.896. The lowest BCUT2D eigenvalue weighted by molar-refractivity contribution is 0.0530. The van der Waals surface area contributed by atoms with Gasteiger partial charge in [0.1, 0.15) is 5.56 Å². The van der Waals surface area contributed by atoms with E-state index < -0.39 is 0 Å². The summed E-state index contributed by atoms with van der Waals surface area (Å²) < 4.78 is 1.42. The molecule has 2 aromatic heterocycles. The van der Waals surface area contributed by atoms with E-state index in [1.54, 1.807) is 16.5 Å². The van der Waals surface area contributed by atoms with Crippen LogP contribution in [0, 0.1) is 5.92 Å². The molecule has 0 aliphatic carbocycles. The first-order chi connectivity index (χ1) is 10.1. The van der Waals surface area contributed by atoms with Crippen molar-refractivity contribution in [2.45, 2.75) is 25.8 Å². The largest absolute Gasteiger partial charge is 0.334 e. The van der Waals surface area contributed by atoms with Crippen molar-refractivity contribution in [1.29, 1.82) is 0 Å². The van der Waals surface area contributed by atoms with Gasteiger partial charge in [-0.05, 0) is 18.8 Å². The summed E-state index contributed by atoms with van der Waals surface area (Å²) in [5, 5.41) is 1.78. The van der Waals surface area contributed by atoms with Crippen LogP contribution < -0.4 is 11.3 Å². The number of fused-ring (bicyclic) bond motifs is 1. The molecular weight excluding hydrogens is 288 g/mol. The van der Waals surface area contributed by atoms with E-state index in [-0.39, 0.29) is 23.1 Å². The van der Waals surface area contributed by atoms with Crippen molar-refractivity contribution in [2.75, 3.05) is 13.1 Å². The number of piperidine rings is 1. The van der Waals surface area contributed by atoms with Gasteiger partial charge in [-0.15, -0.1) is 11.3 Å². The predicted octanol–water partition coefficient (Wildman–Crippen LogP) is 0.955. The summed E-state index contributed by atoms with van der Waals surface area (Å²) in [6.07, 6.45) is 5.04. The zero-order chi connectivity index (χ0) is 15.0. The Morgan fingerprint density at radius 3 is 3.14 bits per heavy atom. The molecule has 3 rings (SSSR count). The highest BCUT2D eigenvalue weighted by Gasteiger charge is 2.32. The van der Waals surface area contributed by atoms with E-state index in [1.807, 2.05) is 0 Å². The second-order valence-corrected chi connectivity index (χ2v) is 6.33. The summed E-state index contributed by atoms with van der Waals surface area (Å²) in [5.41, 5.74) is 5.64. The van der Waals surface area contributed by atoms with E-state index in [9.17, 15) is 9.59 Å². The van der Waals surface area contributed by atoms with Crippen molar-refractivity contribution in [1.82, 2.24) is 14.3 Å². The fourth-order valence-corrected chi connectivity index (χ4v) is 3.66. The third kappa shape index (κ3) is 2.36. The van der Waals surface area contributed by atoms with Gasteiger partial charge >= 0.3 is 0 Å². The van der Waals surface area contributed by atoms with Gasteiger partial charge in [-0.2, -0.15) is 0 Å². The molecule has 7 heteroatoms. The maximum absolute atomic E-state index is 12.7. The highest BCUT2D eigenvalue weighted by Crippen LogP contribution is 2.23. The zero-order valence-electron chi connectivity index (χ0n) is 11.9. The van der Waals surface area contributed by atoms with Gasteiger partial charge in [0, 0.05) is 36.9 Å². The van der Waals surface area contributed by atoms with Crippen molar-refractivity contribution >= 4 is 22.2 Å². The molecule has 1 fully saturated rings. The van der Waals surface area contributed by atoms with Gasteiger partial charge < -0.3 is 10.6 Å². The van der Waals surface area contributed by atoms with Gasteiger partial charge in [0.15, 0.2) is 4.96 Å². The lowest BCUT2D eigenvalue weighted by Crippen LogP contribution is -2.52. The van der Waals surface area contributed by atoms with Crippen molar-refractivity contribution in [2.24, 2.45) is 11.7 Å². The van der Waals surface area contributed by atoms with Crippen LogP contribution in [-0.2, 0) is 0 Å². The molecule has 0 aromatic carbocycles. The predicted molar refractivity (Wildman–Crippen MR) is 81.6 cm³/mol. The maximum Gasteiger partial charge on any atom is 0.271 e. The average Bonchev–Trinajstić information content (AvgIpc) is 2.96. The molecule has 2 aromatic rings. The molecule has 21 heavy (non-hydrogen) atoms. The first-order valence-corrected chi connectivity index (χ1v) is 7.97. The van der Waals surface area contributed by atoms with Crippen LogP contribution >= 0.6 is 11.3 Å². The maximum atomic E-state index is 12.7. The fourth-order valence-electron chi connectivity index (χ4n) is 2.99. The van der Waals surface area contributed by atoms with E-state index in [0.717, 1.165) is 12.8 Å². The Kier molecular flexibility index (Phi) is 3.77. The molecule has 0 saturated carbocycles. The van der Waals surface area contributed by atoms with E-state index in [2.05, 4.69) is 11.9 Å². The lowest BCUT2D eigenvalue weighted by atomic mass is 9.90. The smallest absolute Gasteiger partial charge is 0.271 e. The molecule has 1 amide bonds. The molecule has 0 radical (unpaired) electrons. The molecule has 1 saturated heterocycles. The second-order valence-electron chi connectivity index (χ2n) is 5.45. The number of aromatic nitrogens is 2. The monoisotopic (exact) mass is 306 g/mol. The first kappa shape index (κ1) is 14.2. The van der Waals surface area contributed by atoms with Crippen molar-refractivity contribution in [3.63, 3.8) is 0 Å². The van der Waals surface area contributed by atoms with Crippen LogP contribution in [0.3, 0.4) is 0 Å². The fraction of sp³-hybridized carbons (Fsp3) is 0.500. The molecule has 0 unspecified atom stereocenters. The van der Waals surface area contributed by atoms with Crippen molar-refractivity contribution < 1.29 is 4.79 Å². The highest BCUT2D eigenvalue weighted by molar-refractivity contribution is 7.15. The Morgan fingerprint density at radius 1 is 1.57 bits per heavy atom. The number of carbonyl (C=O) groups is 1. The first-order valence-electron chi connectivity index (χ1n) is 7.09. The number of hydrogen-bond acceptors (Lipinski definition) is 5. The Labute approximate surface area is 126 Å². The number of hydrogen-bond donors (Lipinski definition) is 1. The zero-order valence-corrected chi connectivity index (χ0v) is 12.7. The number of carbonyl (C=O) groups excluding carboxylic acids is 1. The van der Waals surface area contributed by atoms with Gasteiger partial charge in [0.25, 0.3) is 11.5 Å². The number of thiazole rings is 1. The van der Waals surface area contributed by atoms with Crippen LogP contribution in [0.1, 0.15) is 30.1 Å². The minimum Gasteiger partial charge on any atom is -0.334 e. The van der Waals surface area contributed by atoms with Gasteiger partial charge in [-0.25, -0.2) is 4.98 Å². The topological polar surface area (TPSA) is 80.7 Å². The summed E-state index contributed by atoms with van der Waals surface area (Å²) in [4.78, 5) is 31.7. The molecule has 112 valence electrons. The van der Waals surface area contributed by atoms with Gasteiger partial charge in [0.05, 0.1) is 0 Å². The summed E-state index contributed by atoms with van der Waals surface area (Å²) in [5.74, 6) is 0.100. The molecule has 3 heterocycles. The second kappa shape index (κ2) is 5.57. The number of nitrogens with zero attached hydrogens (tertiary/aromatic N) is 3. The number of likely N-dealkylation sites (tertiary alicyclic amines) is 1. The molecule has 2 N–H and O–H groups in total. The molecule has 1 aliphatic rings. The minimum absolute atomic E-state index is 0.00572. The van der Waals surface area contributed by atoms with E-state index >= 15 is 0 Å². The molecular formula is C14H18N4O2S. The molecule has 6 nitrogen and oxygen atoms in total. The van der Waals surface area contributed by atoms with Crippen LogP contribution in [0.25, 0.3) is 4.96 Å². The summed E-state index contributed by atoms with van der Waals surface area (Å²) in [7, 11) is 0. The van der Waals surface area contributed by atoms with Crippen molar-refractivity contribution in [3.05, 3.63) is 33.7 Å². The average molecular weight is 306 g/mol. The Hall–Kier alpha value is -1.73. The van der Waals surface area contributed by atoms with Crippen LogP contribution in [0.4, 0.5) is 0 Å². The van der Waals surface area contributed by atoms with Crippen LogP contribution in [0.5, 0.6) is 0 Å². The van der Waals surface area contributed by atoms with Gasteiger partial charge in [-0.1, -0.05) is 6.92 Å². The van der Waals surface area contributed by atoms with E-state index in [1.165, 1.54) is 21.9 Å². The van der Waals surface area contributed by atoms with Crippen LogP contribution in [-0.4, -0.2) is 39.3 Å². The third-order valence-corrected chi connectivity index (χ3v) is 4.96. The van der Waals surface area contributed by atoms with Gasteiger partial charge in [0.2, 0.25) is 0 Å². The molecule has 2 atom stereocenters. The Bertz CT molecular complexity index is 723. The standard InChI is InChI=1S/C14H18N4O2S/c1-9-3-2-4-17(11(9)7-15)12(19)10-8-16-14-18(13(10)20)5-6-21-14/h5-6,8-9,11H,2-4,7,15H2,1H3/t9-,11+/m1/s1.